The van der Waals surface area contributed by atoms with Crippen LogP contribution in [0.4, 0.5) is 15.8 Å². The topological polar surface area (TPSA) is 47.3 Å². The fourth-order valence-corrected chi connectivity index (χ4v) is 2.15. The van der Waals surface area contributed by atoms with Crippen molar-refractivity contribution in [1.82, 2.24) is 0 Å². The Morgan fingerprint density at radius 3 is 2.84 bits per heavy atom. The van der Waals surface area contributed by atoms with Gasteiger partial charge in [0.2, 0.25) is 0 Å². The van der Waals surface area contributed by atoms with E-state index in [9.17, 15) is 4.39 Å². The number of ether oxygens (including phenoxy) is 1. The van der Waals surface area contributed by atoms with Crippen LogP contribution in [0.25, 0.3) is 0 Å². The summed E-state index contributed by atoms with van der Waals surface area (Å²) in [5, 5.41) is 3.31. The Morgan fingerprint density at radius 2 is 2.21 bits per heavy atom. The Kier molecular flexibility index (Phi) is 4.51. The van der Waals surface area contributed by atoms with Gasteiger partial charge in [0.25, 0.3) is 0 Å². The van der Waals surface area contributed by atoms with Gasteiger partial charge in [-0.05, 0) is 31.1 Å². The number of benzene rings is 1. The summed E-state index contributed by atoms with van der Waals surface area (Å²) in [4.78, 5) is 0. The third-order valence-electron chi connectivity index (χ3n) is 3.61. The van der Waals surface area contributed by atoms with Gasteiger partial charge in [-0.15, -0.1) is 0 Å². The highest BCUT2D eigenvalue weighted by Gasteiger charge is 2.27. The minimum atomic E-state index is -0.397. The SMILES string of the molecule is CCCOc1cc(NCC(C)C2CC2)c(N)cc1F. The fraction of sp³-hybridized carbons (Fsp3) is 0.600. The van der Waals surface area contributed by atoms with Crippen molar-refractivity contribution in [3.63, 3.8) is 0 Å². The van der Waals surface area contributed by atoms with Crippen LogP contribution >= 0.6 is 0 Å². The van der Waals surface area contributed by atoms with Crippen LogP contribution in [0.1, 0.15) is 33.1 Å². The van der Waals surface area contributed by atoms with E-state index in [1.165, 1.54) is 18.9 Å². The number of halogens is 1. The minimum absolute atomic E-state index is 0.276. The normalized spacial score (nSPS) is 16.2. The maximum Gasteiger partial charge on any atom is 0.167 e. The Bertz CT molecular complexity index is 432. The van der Waals surface area contributed by atoms with E-state index in [0.29, 0.717) is 18.2 Å². The second-order valence-electron chi connectivity index (χ2n) is 5.41. The summed E-state index contributed by atoms with van der Waals surface area (Å²) in [6, 6.07) is 3.00. The van der Waals surface area contributed by atoms with Crippen LogP contribution < -0.4 is 15.8 Å². The number of nitrogens with one attached hydrogen (secondary N) is 1. The predicted octanol–water partition coefficient (Wildman–Crippen LogP) is 3.65. The molecule has 0 saturated heterocycles. The van der Waals surface area contributed by atoms with Crippen LogP contribution in [-0.2, 0) is 0 Å². The maximum absolute atomic E-state index is 13.7. The molecule has 0 aliphatic heterocycles. The number of anilines is 2. The van der Waals surface area contributed by atoms with E-state index in [2.05, 4.69) is 12.2 Å². The first-order valence-electron chi connectivity index (χ1n) is 7.07. The monoisotopic (exact) mass is 266 g/mol. The molecule has 1 fully saturated rings. The second-order valence-corrected chi connectivity index (χ2v) is 5.41. The largest absolute Gasteiger partial charge is 0.490 e. The van der Waals surface area contributed by atoms with Gasteiger partial charge >= 0.3 is 0 Å². The van der Waals surface area contributed by atoms with Crippen molar-refractivity contribution >= 4 is 11.4 Å². The fourth-order valence-electron chi connectivity index (χ4n) is 2.15. The summed E-state index contributed by atoms with van der Waals surface area (Å²) < 4.78 is 19.0. The highest BCUT2D eigenvalue weighted by atomic mass is 19.1. The first-order chi connectivity index (χ1) is 9.11. The van der Waals surface area contributed by atoms with Gasteiger partial charge in [-0.1, -0.05) is 13.8 Å². The zero-order valence-corrected chi connectivity index (χ0v) is 11.7. The molecule has 2 rings (SSSR count). The predicted molar refractivity (Wildman–Crippen MR) is 77.0 cm³/mol. The summed E-state index contributed by atoms with van der Waals surface area (Å²) >= 11 is 0. The molecule has 1 aliphatic carbocycles. The van der Waals surface area contributed by atoms with Gasteiger partial charge < -0.3 is 15.8 Å². The lowest BCUT2D eigenvalue weighted by Crippen LogP contribution is -2.14. The first kappa shape index (κ1) is 14.0. The molecule has 0 amide bonds. The quantitative estimate of drug-likeness (QED) is 0.740. The molecule has 0 bridgehead atoms. The Morgan fingerprint density at radius 1 is 1.47 bits per heavy atom. The Balaban J connectivity index is 2.01. The van der Waals surface area contributed by atoms with Crippen molar-refractivity contribution in [2.45, 2.75) is 33.1 Å². The standard InChI is InChI=1S/C15H23FN2O/c1-3-6-19-15-8-14(13(17)7-12(15)16)18-9-10(2)11-4-5-11/h7-8,10-11,18H,3-6,9,17H2,1-2H3. The molecule has 1 unspecified atom stereocenters. The molecule has 0 spiro atoms. The van der Waals surface area contributed by atoms with E-state index >= 15 is 0 Å². The van der Waals surface area contributed by atoms with Crippen LogP contribution in [0.3, 0.4) is 0 Å². The molecule has 1 aromatic rings. The molecule has 1 atom stereocenters. The van der Waals surface area contributed by atoms with Crippen molar-refractivity contribution in [3.05, 3.63) is 17.9 Å². The van der Waals surface area contributed by atoms with Gasteiger partial charge in [0.05, 0.1) is 18.0 Å². The van der Waals surface area contributed by atoms with Gasteiger partial charge in [0.15, 0.2) is 11.6 Å². The van der Waals surface area contributed by atoms with Crippen LogP contribution in [0, 0.1) is 17.7 Å². The molecule has 1 aliphatic rings. The van der Waals surface area contributed by atoms with Crippen molar-refractivity contribution < 1.29 is 9.13 Å². The third kappa shape index (κ3) is 3.75. The minimum Gasteiger partial charge on any atom is -0.490 e. The van der Waals surface area contributed by atoms with Crippen LogP contribution in [-0.4, -0.2) is 13.2 Å². The van der Waals surface area contributed by atoms with Crippen molar-refractivity contribution in [3.8, 4) is 5.75 Å². The second kappa shape index (κ2) is 6.13. The van der Waals surface area contributed by atoms with Crippen LogP contribution in [0.15, 0.2) is 12.1 Å². The molecule has 0 heterocycles. The molecule has 106 valence electrons. The highest BCUT2D eigenvalue weighted by molar-refractivity contribution is 5.68. The molecule has 1 aromatic carbocycles. The van der Waals surface area contributed by atoms with E-state index in [1.54, 1.807) is 6.07 Å². The molecule has 4 heteroatoms. The Labute approximate surface area is 114 Å². The smallest absolute Gasteiger partial charge is 0.167 e. The lowest BCUT2D eigenvalue weighted by atomic mass is 10.1. The number of rotatable bonds is 7. The summed E-state index contributed by atoms with van der Waals surface area (Å²) in [6.45, 7) is 5.61. The number of hydrogen-bond acceptors (Lipinski definition) is 3. The van der Waals surface area contributed by atoms with Crippen LogP contribution in [0.2, 0.25) is 0 Å². The van der Waals surface area contributed by atoms with E-state index in [0.717, 1.165) is 24.6 Å². The molecular formula is C15H23FN2O. The zero-order chi connectivity index (χ0) is 13.8. The molecule has 1 saturated carbocycles. The van der Waals surface area contributed by atoms with E-state index in [1.807, 2.05) is 6.92 Å². The van der Waals surface area contributed by atoms with Gasteiger partial charge in [-0.2, -0.15) is 0 Å². The molecule has 3 nitrogen and oxygen atoms in total. The van der Waals surface area contributed by atoms with Gasteiger partial charge in [0.1, 0.15) is 0 Å². The maximum atomic E-state index is 13.7. The van der Waals surface area contributed by atoms with Crippen molar-refractivity contribution in [1.29, 1.82) is 0 Å². The number of nitrogen functional groups attached to an aromatic ring is 1. The summed E-state index contributed by atoms with van der Waals surface area (Å²) in [6.07, 6.45) is 3.50. The number of nitrogens with two attached hydrogens (primary N) is 1. The number of hydrogen-bond donors (Lipinski definition) is 2. The molecule has 3 N–H and O–H groups in total. The Hall–Kier alpha value is -1.45. The average Bonchev–Trinajstić information content (AvgIpc) is 3.20. The summed E-state index contributed by atoms with van der Waals surface area (Å²) in [7, 11) is 0. The van der Waals surface area contributed by atoms with Gasteiger partial charge in [0, 0.05) is 18.7 Å². The molecule has 0 radical (unpaired) electrons. The zero-order valence-electron chi connectivity index (χ0n) is 11.7. The highest BCUT2D eigenvalue weighted by Crippen LogP contribution is 2.37. The van der Waals surface area contributed by atoms with Gasteiger partial charge in [-0.3, -0.25) is 0 Å². The lowest BCUT2D eigenvalue weighted by Gasteiger charge is -2.16. The average molecular weight is 266 g/mol. The van der Waals surface area contributed by atoms with Gasteiger partial charge in [-0.25, -0.2) is 4.39 Å². The molecule has 0 aromatic heterocycles. The van der Waals surface area contributed by atoms with E-state index in [-0.39, 0.29) is 5.75 Å². The lowest BCUT2D eigenvalue weighted by molar-refractivity contribution is 0.301. The summed E-state index contributed by atoms with van der Waals surface area (Å²) in [5.41, 5.74) is 7.04. The van der Waals surface area contributed by atoms with E-state index < -0.39 is 5.82 Å². The van der Waals surface area contributed by atoms with E-state index in [4.69, 9.17) is 10.5 Å². The van der Waals surface area contributed by atoms with Crippen molar-refractivity contribution in [2.75, 3.05) is 24.2 Å². The summed E-state index contributed by atoms with van der Waals surface area (Å²) in [5.74, 6) is 1.35. The molecular weight excluding hydrogens is 243 g/mol. The van der Waals surface area contributed by atoms with Crippen molar-refractivity contribution in [2.24, 2.45) is 11.8 Å². The van der Waals surface area contributed by atoms with Crippen LogP contribution in [0.5, 0.6) is 5.75 Å². The molecule has 19 heavy (non-hydrogen) atoms. The third-order valence-corrected chi connectivity index (χ3v) is 3.61. The first-order valence-corrected chi connectivity index (χ1v) is 7.07.